The fourth-order valence-corrected chi connectivity index (χ4v) is 12.3. The number of nitrogens with zero attached hydrogens (tertiary/aromatic N) is 4. The average molecular weight is 1100 g/mol. The fraction of sp³-hybridized carbons (Fsp3) is 0.377. The molecule has 2 atom stereocenters. The Morgan fingerprint density at radius 3 is 1.11 bits per heavy atom. The molecule has 2 aliphatic heterocycles. The highest BCUT2D eigenvalue weighted by molar-refractivity contribution is 6.18. The van der Waals surface area contributed by atoms with E-state index in [9.17, 15) is 0 Å². The summed E-state index contributed by atoms with van der Waals surface area (Å²) in [6, 6.07) is 45.8. The van der Waals surface area contributed by atoms with E-state index in [0.717, 1.165) is 168 Å². The molecule has 2 N–H and O–H groups in total. The van der Waals surface area contributed by atoms with Gasteiger partial charge in [-0.25, -0.2) is 0 Å². The van der Waals surface area contributed by atoms with Crippen molar-refractivity contribution in [2.45, 2.75) is 114 Å². The molecule has 0 amide bonds. The van der Waals surface area contributed by atoms with Gasteiger partial charge >= 0.3 is 0 Å². The van der Waals surface area contributed by atoms with Gasteiger partial charge in [0.1, 0.15) is 45.9 Å². The smallest absolute Gasteiger partial charge is 0.194 e. The van der Waals surface area contributed by atoms with Crippen molar-refractivity contribution in [3.8, 4) is 102 Å². The van der Waals surface area contributed by atoms with Gasteiger partial charge in [-0.05, 0) is 224 Å². The SMILES string of the molecule is COc1ccc(-c2nn(C3CCC3)c(-c3ccc(OC)cc3)c2-c2cc(OCCC3CCCCN3)ccc2C(=O)c2ccc(OCCC3CCCCN3)cc2-c2c(-c3ccc(OC)cc3)nn(C3CCC3)c2-c2ccc(OC)cc2)cc1. The predicted octanol–water partition coefficient (Wildman–Crippen LogP) is 14.6. The molecule has 4 heterocycles. The van der Waals surface area contributed by atoms with Crippen LogP contribution in [0.25, 0.3) is 67.3 Å². The Balaban J connectivity index is 1.09. The average Bonchev–Trinajstić information content (AvgIpc) is 3.35. The van der Waals surface area contributed by atoms with Crippen molar-refractivity contribution in [3.05, 3.63) is 145 Å². The first kappa shape index (κ1) is 54.7. The number of carbonyl (C=O) groups is 1. The van der Waals surface area contributed by atoms with Crippen LogP contribution in [0.4, 0.5) is 0 Å². The zero-order valence-electron chi connectivity index (χ0n) is 47.9. The predicted molar refractivity (Wildman–Crippen MR) is 324 cm³/mol. The lowest BCUT2D eigenvalue weighted by molar-refractivity contribution is 0.104. The largest absolute Gasteiger partial charge is 0.497 e. The third-order valence-electron chi connectivity index (χ3n) is 17.4. The number of ether oxygens (including phenoxy) is 6. The van der Waals surface area contributed by atoms with Crippen LogP contribution >= 0.6 is 0 Å². The number of hydrogen-bond donors (Lipinski definition) is 2. The lowest BCUT2D eigenvalue weighted by Gasteiger charge is -2.28. The maximum absolute atomic E-state index is 16.8. The van der Waals surface area contributed by atoms with Crippen LogP contribution in [-0.2, 0) is 0 Å². The van der Waals surface area contributed by atoms with Crippen LogP contribution in [0.2, 0.25) is 0 Å². The van der Waals surface area contributed by atoms with Crippen molar-refractivity contribution in [2.75, 3.05) is 54.7 Å². The van der Waals surface area contributed by atoms with Gasteiger partial charge in [-0.3, -0.25) is 14.2 Å². The Morgan fingerprint density at radius 2 is 0.793 bits per heavy atom. The molecular weight excluding hydrogens is 1020 g/mol. The zero-order valence-corrected chi connectivity index (χ0v) is 47.9. The highest BCUT2D eigenvalue weighted by Crippen LogP contribution is 2.50. The second-order valence-corrected chi connectivity index (χ2v) is 22.4. The van der Waals surface area contributed by atoms with Crippen LogP contribution in [0.3, 0.4) is 0 Å². The van der Waals surface area contributed by atoms with Crippen molar-refractivity contribution < 1.29 is 33.2 Å². The maximum Gasteiger partial charge on any atom is 0.194 e. The Bertz CT molecular complexity index is 3230. The molecule has 4 aliphatic rings. The molecule has 0 bridgehead atoms. The normalized spacial score (nSPS) is 17.4. The van der Waals surface area contributed by atoms with E-state index in [2.05, 4.69) is 80.7 Å². The van der Waals surface area contributed by atoms with Crippen LogP contribution in [0.1, 0.15) is 118 Å². The molecule has 2 aliphatic carbocycles. The summed E-state index contributed by atoms with van der Waals surface area (Å²) in [5.74, 6) is 4.20. The van der Waals surface area contributed by atoms with Crippen LogP contribution in [0.5, 0.6) is 34.5 Å². The summed E-state index contributed by atoms with van der Waals surface area (Å²) in [5.41, 5.74) is 11.3. The lowest BCUT2D eigenvalue weighted by atomic mass is 9.85. The van der Waals surface area contributed by atoms with Crippen LogP contribution in [0, 0.1) is 0 Å². The highest BCUT2D eigenvalue weighted by Gasteiger charge is 2.35. The first-order valence-electron chi connectivity index (χ1n) is 29.8. The molecular formula is C69H76N6O7. The van der Waals surface area contributed by atoms with Crippen molar-refractivity contribution in [2.24, 2.45) is 0 Å². The van der Waals surface area contributed by atoms with Gasteiger partial charge in [0.2, 0.25) is 0 Å². The number of ketones is 1. The number of methoxy groups -OCH3 is 4. The summed E-state index contributed by atoms with van der Waals surface area (Å²) in [5, 5.41) is 18.6. The molecule has 6 aromatic carbocycles. The van der Waals surface area contributed by atoms with E-state index >= 15 is 4.79 Å². The van der Waals surface area contributed by atoms with E-state index in [0.29, 0.717) is 47.9 Å². The van der Waals surface area contributed by atoms with E-state index in [4.69, 9.17) is 38.6 Å². The second kappa shape index (κ2) is 25.1. The van der Waals surface area contributed by atoms with E-state index in [1.165, 1.54) is 25.7 Å². The van der Waals surface area contributed by atoms with Crippen molar-refractivity contribution in [1.29, 1.82) is 0 Å². The van der Waals surface area contributed by atoms with Crippen molar-refractivity contribution in [3.63, 3.8) is 0 Å². The molecule has 2 aromatic heterocycles. The van der Waals surface area contributed by atoms with E-state index in [1.807, 2.05) is 72.8 Å². The number of aromatic nitrogens is 4. The van der Waals surface area contributed by atoms with E-state index in [1.54, 1.807) is 28.4 Å². The van der Waals surface area contributed by atoms with Crippen molar-refractivity contribution in [1.82, 2.24) is 30.2 Å². The first-order chi connectivity index (χ1) is 40.4. The molecule has 0 spiro atoms. The van der Waals surface area contributed by atoms with Gasteiger partial charge in [-0.1, -0.05) is 12.8 Å². The van der Waals surface area contributed by atoms with Gasteiger partial charge in [-0.15, -0.1) is 0 Å². The number of piperidine rings is 2. The van der Waals surface area contributed by atoms with Gasteiger partial charge in [0.25, 0.3) is 0 Å². The standard InChI is InChI=1S/C69H76N6O7/c1-77-53-25-17-45(18-26-53)65-63(67(74(72-65)51-13-9-14-51)47-21-29-55(79-3)30-22-47)61-43-57(81-41-37-49-11-5-7-39-70-49)33-35-59(61)69(76)60-36-34-58(82-42-38-50-12-6-8-40-71-50)44-62(60)64-66(46-19-27-54(78-2)28-20-46)73-75(52-15-10-16-52)68(64)48-23-31-56(80-4)32-24-48/h17-36,43-44,49-52,70-71H,5-16,37-42H2,1-4H3. The van der Waals surface area contributed by atoms with Gasteiger partial charge in [0.15, 0.2) is 5.78 Å². The van der Waals surface area contributed by atoms with Crippen LogP contribution < -0.4 is 39.1 Å². The molecule has 2 unspecified atom stereocenters. The maximum atomic E-state index is 16.8. The summed E-state index contributed by atoms with van der Waals surface area (Å²) in [7, 11) is 6.74. The fourth-order valence-electron chi connectivity index (χ4n) is 12.3. The molecule has 8 aromatic rings. The minimum atomic E-state index is -0.156. The Hall–Kier alpha value is -7.87. The molecule has 12 rings (SSSR count). The minimum absolute atomic E-state index is 0.156. The van der Waals surface area contributed by atoms with E-state index in [-0.39, 0.29) is 17.9 Å². The Kier molecular flexibility index (Phi) is 16.7. The minimum Gasteiger partial charge on any atom is -0.497 e. The number of benzene rings is 6. The number of hydrogen-bond acceptors (Lipinski definition) is 11. The monoisotopic (exact) mass is 1100 g/mol. The van der Waals surface area contributed by atoms with Gasteiger partial charge in [0.05, 0.1) is 65.1 Å². The van der Waals surface area contributed by atoms with Crippen LogP contribution in [0.15, 0.2) is 133 Å². The number of rotatable bonds is 22. The summed E-state index contributed by atoms with van der Waals surface area (Å²) >= 11 is 0. The molecule has 424 valence electrons. The molecule has 2 saturated carbocycles. The molecule has 4 fully saturated rings. The van der Waals surface area contributed by atoms with Crippen LogP contribution in [-0.4, -0.2) is 92.2 Å². The lowest BCUT2D eigenvalue weighted by Crippen LogP contribution is -2.35. The topological polar surface area (TPSA) is 132 Å². The van der Waals surface area contributed by atoms with E-state index < -0.39 is 0 Å². The molecule has 82 heavy (non-hydrogen) atoms. The quantitative estimate of drug-likeness (QED) is 0.0629. The summed E-state index contributed by atoms with van der Waals surface area (Å²) in [6.07, 6.45) is 15.0. The highest BCUT2D eigenvalue weighted by atomic mass is 16.5. The molecule has 13 heteroatoms. The molecule has 0 radical (unpaired) electrons. The van der Waals surface area contributed by atoms with Gasteiger partial charge in [0, 0.05) is 67.7 Å². The molecule has 2 saturated heterocycles. The van der Waals surface area contributed by atoms with Crippen molar-refractivity contribution >= 4 is 5.78 Å². The number of nitrogens with one attached hydrogen (secondary N) is 2. The van der Waals surface area contributed by atoms with Gasteiger partial charge in [-0.2, -0.15) is 10.2 Å². The Morgan fingerprint density at radius 1 is 0.439 bits per heavy atom. The second-order valence-electron chi connectivity index (χ2n) is 22.4. The summed E-state index contributed by atoms with van der Waals surface area (Å²) in [4.78, 5) is 16.8. The van der Waals surface area contributed by atoms with Gasteiger partial charge < -0.3 is 39.1 Å². The summed E-state index contributed by atoms with van der Waals surface area (Å²) in [6.45, 7) is 3.10. The first-order valence-corrected chi connectivity index (χ1v) is 29.8. The number of carbonyl (C=O) groups excluding carboxylic acids is 1. The zero-order chi connectivity index (χ0) is 55.9. The summed E-state index contributed by atoms with van der Waals surface area (Å²) < 4.78 is 40.8. The third-order valence-corrected chi connectivity index (χ3v) is 17.4. The Labute approximate surface area is 482 Å². The third kappa shape index (κ3) is 11.5. The molecule has 13 nitrogen and oxygen atoms in total.